The van der Waals surface area contributed by atoms with Crippen LogP contribution in [0.1, 0.15) is 29.9 Å². The molecule has 2 aromatic rings. The molecule has 0 aliphatic heterocycles. The van der Waals surface area contributed by atoms with E-state index in [-0.39, 0.29) is 25.4 Å². The number of alkyl carbamates (subject to hydrolysis) is 1. The predicted octanol–water partition coefficient (Wildman–Crippen LogP) is -0.689. The van der Waals surface area contributed by atoms with Crippen molar-refractivity contribution in [3.8, 4) is 11.1 Å². The minimum Gasteiger partial charge on any atom is -0.480 e. The average molecular weight is 533 g/mol. The molecule has 206 valence electrons. The molecular weight excluding hydrogens is 500 g/mol. The van der Waals surface area contributed by atoms with Gasteiger partial charge in [-0.2, -0.15) is 0 Å². The highest BCUT2D eigenvalue weighted by Crippen LogP contribution is 2.44. The molecule has 3 rings (SSSR count). The van der Waals surface area contributed by atoms with Gasteiger partial charge in [0.1, 0.15) is 31.0 Å². The van der Waals surface area contributed by atoms with Crippen molar-refractivity contribution < 1.29 is 49.8 Å². The molecule has 2 aromatic carbocycles. The Morgan fingerprint density at radius 3 is 1.97 bits per heavy atom. The minimum absolute atomic E-state index is 0.0102. The topological polar surface area (TPSA) is 206 Å². The van der Waals surface area contributed by atoms with Crippen molar-refractivity contribution in [1.29, 1.82) is 0 Å². The predicted molar refractivity (Wildman–Crippen MR) is 133 cm³/mol. The fraction of sp³-hybridized carbons (Fsp3) is 0.423. The third-order valence-electron chi connectivity index (χ3n) is 6.43. The number of hydrogen-bond donors (Lipinski definition) is 8. The first-order valence-corrected chi connectivity index (χ1v) is 12.1. The number of carbonyl (C=O) groups excluding carboxylic acids is 2. The van der Waals surface area contributed by atoms with Crippen LogP contribution in [0.15, 0.2) is 48.5 Å². The van der Waals surface area contributed by atoms with Gasteiger partial charge in [-0.1, -0.05) is 48.5 Å². The summed E-state index contributed by atoms with van der Waals surface area (Å²) in [5.74, 6) is -2.27. The second-order valence-electron chi connectivity index (χ2n) is 9.00. The highest BCUT2D eigenvalue weighted by Gasteiger charge is 2.31. The number of aliphatic hydroxyl groups is 5. The molecule has 0 saturated carbocycles. The maximum atomic E-state index is 12.4. The Morgan fingerprint density at radius 2 is 1.42 bits per heavy atom. The summed E-state index contributed by atoms with van der Waals surface area (Å²) in [5, 5.41) is 61.3. The van der Waals surface area contributed by atoms with Crippen LogP contribution in [-0.2, 0) is 14.3 Å². The molecule has 12 nitrogen and oxygen atoms in total. The Kier molecular flexibility index (Phi) is 10.2. The summed E-state index contributed by atoms with van der Waals surface area (Å²) < 4.78 is 5.35. The number of nitrogens with one attached hydrogen (secondary N) is 2. The molecular formula is C26H32N2O10. The summed E-state index contributed by atoms with van der Waals surface area (Å²) >= 11 is 0. The van der Waals surface area contributed by atoms with Crippen LogP contribution in [0.4, 0.5) is 4.79 Å². The Morgan fingerprint density at radius 1 is 0.868 bits per heavy atom. The number of aliphatic carboxylic acids is 1. The third kappa shape index (κ3) is 7.05. The van der Waals surface area contributed by atoms with Crippen LogP contribution in [0.5, 0.6) is 0 Å². The molecule has 0 radical (unpaired) electrons. The minimum atomic E-state index is -1.85. The molecule has 0 aromatic heterocycles. The molecule has 0 heterocycles. The highest BCUT2D eigenvalue weighted by atomic mass is 16.5. The second kappa shape index (κ2) is 13.3. The summed E-state index contributed by atoms with van der Waals surface area (Å²) in [4.78, 5) is 36.1. The van der Waals surface area contributed by atoms with E-state index in [1.165, 1.54) is 0 Å². The third-order valence-corrected chi connectivity index (χ3v) is 6.43. The van der Waals surface area contributed by atoms with Gasteiger partial charge in [0.25, 0.3) is 0 Å². The van der Waals surface area contributed by atoms with E-state index in [0.29, 0.717) is 0 Å². The summed E-state index contributed by atoms with van der Waals surface area (Å²) in [6.45, 7) is -1.36. The fourth-order valence-electron chi connectivity index (χ4n) is 4.31. The Balaban J connectivity index is 1.47. The zero-order valence-corrected chi connectivity index (χ0v) is 20.4. The van der Waals surface area contributed by atoms with Crippen molar-refractivity contribution in [1.82, 2.24) is 10.6 Å². The van der Waals surface area contributed by atoms with Gasteiger partial charge in [-0.15, -0.1) is 0 Å². The number of carbonyl (C=O) groups is 3. The van der Waals surface area contributed by atoms with Gasteiger partial charge in [0, 0.05) is 18.9 Å². The van der Waals surface area contributed by atoms with Gasteiger partial charge < -0.3 is 46.0 Å². The molecule has 12 heteroatoms. The average Bonchev–Trinajstić information content (AvgIpc) is 3.24. The van der Waals surface area contributed by atoms with Crippen molar-refractivity contribution in [3.05, 3.63) is 59.7 Å². The number of carboxylic acid groups (broad SMARTS) is 1. The maximum absolute atomic E-state index is 12.4. The molecule has 0 saturated heterocycles. The van der Waals surface area contributed by atoms with E-state index in [1.54, 1.807) is 0 Å². The Labute approximate surface area is 218 Å². The van der Waals surface area contributed by atoms with Crippen LogP contribution in [0.2, 0.25) is 0 Å². The van der Waals surface area contributed by atoms with E-state index in [2.05, 4.69) is 10.6 Å². The number of fused-ring (bicyclic) bond motifs is 3. The van der Waals surface area contributed by atoms with Crippen LogP contribution in [0, 0.1) is 0 Å². The molecule has 1 aliphatic rings. The van der Waals surface area contributed by atoms with E-state index in [9.17, 15) is 39.9 Å². The first kappa shape index (κ1) is 29.0. The zero-order valence-electron chi connectivity index (χ0n) is 20.4. The van der Waals surface area contributed by atoms with E-state index < -0.39 is 61.6 Å². The largest absolute Gasteiger partial charge is 0.480 e. The number of benzene rings is 2. The van der Waals surface area contributed by atoms with E-state index in [4.69, 9.17) is 9.84 Å². The lowest BCUT2D eigenvalue weighted by molar-refractivity contribution is -0.139. The molecule has 2 amide bonds. The lowest BCUT2D eigenvalue weighted by Crippen LogP contribution is -2.49. The van der Waals surface area contributed by atoms with Crippen LogP contribution >= 0.6 is 0 Å². The van der Waals surface area contributed by atoms with Gasteiger partial charge in [0.15, 0.2) is 0 Å². The van der Waals surface area contributed by atoms with Crippen molar-refractivity contribution >= 4 is 18.0 Å². The lowest BCUT2D eigenvalue weighted by Gasteiger charge is -2.25. The summed E-state index contributed by atoms with van der Waals surface area (Å²) in [6, 6.07) is 14.1. The molecule has 8 N–H and O–H groups in total. The summed E-state index contributed by atoms with van der Waals surface area (Å²) in [6.07, 6.45) is -8.61. The summed E-state index contributed by atoms with van der Waals surface area (Å²) in [7, 11) is 0. The summed E-state index contributed by atoms with van der Waals surface area (Å²) in [5.41, 5.74) is 4.09. The SMILES string of the molecule is O=C(CC[C@H](NC(=O)OCC1c2ccccc2-c2ccccc21)C(=O)O)NC[C@H](O)[C@@H](O)[C@H](O)[C@H](O)CO. The van der Waals surface area contributed by atoms with Crippen LogP contribution in [-0.4, -0.2) is 98.8 Å². The molecule has 0 spiro atoms. The number of rotatable bonds is 13. The quantitative estimate of drug-likeness (QED) is 0.163. The number of ether oxygens (including phenoxy) is 1. The van der Waals surface area contributed by atoms with Gasteiger partial charge in [-0.25, -0.2) is 9.59 Å². The normalized spacial score (nSPS) is 16.3. The van der Waals surface area contributed by atoms with E-state index in [0.717, 1.165) is 22.3 Å². The van der Waals surface area contributed by atoms with Gasteiger partial charge in [0.05, 0.1) is 12.7 Å². The zero-order chi connectivity index (χ0) is 27.8. The van der Waals surface area contributed by atoms with Crippen LogP contribution in [0.25, 0.3) is 11.1 Å². The second-order valence-corrected chi connectivity index (χ2v) is 9.00. The smallest absolute Gasteiger partial charge is 0.407 e. The van der Waals surface area contributed by atoms with Crippen LogP contribution < -0.4 is 10.6 Å². The first-order chi connectivity index (χ1) is 18.1. The van der Waals surface area contributed by atoms with Gasteiger partial charge in [-0.05, 0) is 28.7 Å². The molecule has 38 heavy (non-hydrogen) atoms. The van der Waals surface area contributed by atoms with Crippen molar-refractivity contribution in [2.75, 3.05) is 19.8 Å². The van der Waals surface area contributed by atoms with Crippen LogP contribution in [0.3, 0.4) is 0 Å². The lowest BCUT2D eigenvalue weighted by atomic mass is 9.98. The number of amides is 2. The van der Waals surface area contributed by atoms with E-state index >= 15 is 0 Å². The van der Waals surface area contributed by atoms with Crippen molar-refractivity contribution in [2.45, 2.75) is 49.2 Å². The Bertz CT molecular complexity index is 1080. The molecule has 0 bridgehead atoms. The van der Waals surface area contributed by atoms with Gasteiger partial charge in [-0.3, -0.25) is 4.79 Å². The highest BCUT2D eigenvalue weighted by molar-refractivity contribution is 5.82. The first-order valence-electron chi connectivity index (χ1n) is 12.1. The maximum Gasteiger partial charge on any atom is 0.407 e. The monoisotopic (exact) mass is 532 g/mol. The van der Waals surface area contributed by atoms with E-state index in [1.807, 2.05) is 48.5 Å². The number of aliphatic hydroxyl groups excluding tert-OH is 5. The number of hydrogen-bond acceptors (Lipinski definition) is 9. The molecule has 1 aliphatic carbocycles. The van der Waals surface area contributed by atoms with Gasteiger partial charge in [0.2, 0.25) is 5.91 Å². The Hall–Kier alpha value is -3.55. The fourth-order valence-corrected chi connectivity index (χ4v) is 4.31. The van der Waals surface area contributed by atoms with Crippen molar-refractivity contribution in [3.63, 3.8) is 0 Å². The molecule has 5 atom stereocenters. The van der Waals surface area contributed by atoms with Gasteiger partial charge >= 0.3 is 12.1 Å². The van der Waals surface area contributed by atoms with Crippen molar-refractivity contribution in [2.24, 2.45) is 0 Å². The number of carboxylic acids is 1. The molecule has 0 unspecified atom stereocenters. The molecule has 0 fully saturated rings. The standard InChI is InChI=1S/C26H32N2O10/c29-12-21(31)24(34)23(33)20(30)11-27-22(32)10-9-19(25(35)36)28-26(37)38-13-18-16-7-3-1-5-14(16)15-6-2-4-8-17(15)18/h1-8,18-21,23-24,29-31,33-34H,9-13H2,(H,27,32)(H,28,37)(H,35,36)/t19-,20-,21+,23+,24+/m0/s1.